The van der Waals surface area contributed by atoms with Gasteiger partial charge in [-0.3, -0.25) is 10.1 Å². The largest absolute Gasteiger partial charge is 0.356 e. The molecule has 0 saturated heterocycles. The van der Waals surface area contributed by atoms with Gasteiger partial charge in [0.15, 0.2) is 5.11 Å². The number of thiocarbonyl (C=S) groups is 1. The molecule has 0 heterocycles. The van der Waals surface area contributed by atoms with Crippen molar-refractivity contribution in [1.29, 1.82) is 0 Å². The van der Waals surface area contributed by atoms with Crippen molar-refractivity contribution in [2.24, 2.45) is 0 Å². The number of halogens is 1. The van der Waals surface area contributed by atoms with Crippen molar-refractivity contribution in [2.75, 3.05) is 26.0 Å². The molecule has 2 aromatic rings. The van der Waals surface area contributed by atoms with E-state index in [0.717, 1.165) is 10.6 Å². The summed E-state index contributed by atoms with van der Waals surface area (Å²) in [5.74, 6) is 0. The number of nitrogens with zero attached hydrogens (tertiary/aromatic N) is 1. The number of non-ortho nitro benzene ring substituents is 1. The molecule has 3 N–H and O–H groups in total. The van der Waals surface area contributed by atoms with E-state index in [-0.39, 0.29) is 11.7 Å². The van der Waals surface area contributed by atoms with Gasteiger partial charge < -0.3 is 15.5 Å². The van der Waals surface area contributed by atoms with Crippen LogP contribution in [0.4, 0.5) is 11.4 Å². The smallest absolute Gasteiger partial charge is 0.269 e. The fraction of sp³-hybridized carbons (Fsp3) is 0.235. The number of anilines is 1. The zero-order chi connectivity index (χ0) is 18.4. The zero-order valence-corrected chi connectivity index (χ0v) is 15.5. The Balaban J connectivity index is 1.97. The van der Waals surface area contributed by atoms with Crippen LogP contribution in [0.15, 0.2) is 48.5 Å². The van der Waals surface area contributed by atoms with Crippen LogP contribution in [-0.4, -0.2) is 30.7 Å². The normalized spacial score (nSPS) is 11.8. The molecule has 8 heteroatoms. The molecule has 0 aliphatic rings. The van der Waals surface area contributed by atoms with Crippen molar-refractivity contribution in [3.63, 3.8) is 0 Å². The number of nitro benzene ring substituents is 1. The van der Waals surface area contributed by atoms with Crippen LogP contribution in [-0.2, 0) is 0 Å². The van der Waals surface area contributed by atoms with E-state index in [1.165, 1.54) is 17.0 Å². The summed E-state index contributed by atoms with van der Waals surface area (Å²) in [5, 5.41) is 18.1. The topological polar surface area (TPSA) is 71.6 Å². The van der Waals surface area contributed by atoms with Crippen LogP contribution in [0.1, 0.15) is 11.6 Å². The minimum Gasteiger partial charge on any atom is -0.356 e. The van der Waals surface area contributed by atoms with Gasteiger partial charge in [0.2, 0.25) is 0 Å². The van der Waals surface area contributed by atoms with Gasteiger partial charge in [0.05, 0.1) is 25.6 Å². The van der Waals surface area contributed by atoms with E-state index in [1.807, 2.05) is 24.3 Å². The van der Waals surface area contributed by atoms with Crippen LogP contribution in [0.2, 0.25) is 5.02 Å². The second-order valence-corrected chi connectivity index (χ2v) is 6.61. The van der Waals surface area contributed by atoms with Gasteiger partial charge in [-0.05, 0) is 30.4 Å². The fourth-order valence-corrected chi connectivity index (χ4v) is 2.89. The molecule has 0 bridgehead atoms. The average molecular weight is 380 g/mol. The molecule has 2 aromatic carbocycles. The number of hydrogen-bond acceptors (Lipinski definition) is 3. The van der Waals surface area contributed by atoms with Crippen molar-refractivity contribution >= 4 is 40.3 Å². The van der Waals surface area contributed by atoms with Gasteiger partial charge in [-0.15, -0.1) is 0 Å². The van der Waals surface area contributed by atoms with Crippen LogP contribution in [0.5, 0.6) is 0 Å². The highest BCUT2D eigenvalue weighted by Gasteiger charge is 2.20. The van der Waals surface area contributed by atoms with Crippen LogP contribution in [0.3, 0.4) is 0 Å². The van der Waals surface area contributed by atoms with Crippen LogP contribution >= 0.6 is 23.8 Å². The van der Waals surface area contributed by atoms with Gasteiger partial charge in [-0.2, -0.15) is 0 Å². The lowest BCUT2D eigenvalue weighted by Gasteiger charge is -2.23. The zero-order valence-electron chi connectivity index (χ0n) is 14.0. The van der Waals surface area contributed by atoms with Crippen molar-refractivity contribution in [3.8, 4) is 0 Å². The third kappa shape index (κ3) is 5.38. The predicted molar refractivity (Wildman–Crippen MR) is 104 cm³/mol. The molecule has 2 rings (SSSR count). The van der Waals surface area contributed by atoms with E-state index in [9.17, 15) is 10.1 Å². The number of hydrogen-bond donors (Lipinski definition) is 3. The molecule has 25 heavy (non-hydrogen) atoms. The molecule has 0 radical (unpaired) electrons. The molecular formula is C17H20ClN4O2S+. The van der Waals surface area contributed by atoms with E-state index >= 15 is 0 Å². The summed E-state index contributed by atoms with van der Waals surface area (Å²) < 4.78 is 0. The fourth-order valence-electron chi connectivity index (χ4n) is 2.42. The Bertz CT molecular complexity index is 753. The third-order valence-electron chi connectivity index (χ3n) is 3.78. The van der Waals surface area contributed by atoms with E-state index in [1.54, 1.807) is 12.1 Å². The molecule has 0 aliphatic carbocycles. The summed E-state index contributed by atoms with van der Waals surface area (Å²) in [5.41, 5.74) is 1.78. The molecule has 0 aromatic heterocycles. The van der Waals surface area contributed by atoms with Crippen LogP contribution < -0.4 is 15.5 Å². The first-order valence-electron chi connectivity index (χ1n) is 7.72. The molecule has 0 spiro atoms. The Morgan fingerprint density at radius 1 is 1.24 bits per heavy atom. The van der Waals surface area contributed by atoms with Crippen LogP contribution in [0, 0.1) is 10.1 Å². The van der Waals surface area contributed by atoms with Crippen molar-refractivity contribution in [2.45, 2.75) is 6.04 Å². The highest BCUT2D eigenvalue weighted by molar-refractivity contribution is 7.80. The summed E-state index contributed by atoms with van der Waals surface area (Å²) >= 11 is 11.6. The predicted octanol–water partition coefficient (Wildman–Crippen LogP) is 2.42. The maximum absolute atomic E-state index is 10.7. The average Bonchev–Trinajstić information content (AvgIpc) is 2.56. The molecule has 132 valence electrons. The van der Waals surface area contributed by atoms with Gasteiger partial charge >= 0.3 is 0 Å². The first-order valence-corrected chi connectivity index (χ1v) is 8.51. The number of benzene rings is 2. The number of likely N-dealkylation sites (N-methyl/N-ethyl adjacent to an activating group) is 1. The molecule has 6 nitrogen and oxygen atoms in total. The Morgan fingerprint density at radius 3 is 2.44 bits per heavy atom. The first-order chi connectivity index (χ1) is 11.9. The standard InChI is InChI=1S/C17H19ClN4O2S/c1-21(2)16(14-5-3-4-6-15(14)18)11-19-17(25)20-12-7-9-13(10-8-12)22(23)24/h3-10,16H,11H2,1-2H3,(H2,19,20,25)/p+1/t16-/m0/s1. The minimum absolute atomic E-state index is 0.0411. The van der Waals surface area contributed by atoms with Gasteiger partial charge in [-0.25, -0.2) is 0 Å². The molecule has 0 amide bonds. The van der Waals surface area contributed by atoms with Crippen LogP contribution in [0.25, 0.3) is 0 Å². The minimum atomic E-state index is -0.436. The van der Waals surface area contributed by atoms with E-state index < -0.39 is 4.92 Å². The Hall–Kier alpha value is -2.22. The SMILES string of the molecule is C[NH+](C)[C@@H](CNC(=S)Nc1ccc([N+](=O)[O-])cc1)c1ccccc1Cl. The molecule has 1 atom stereocenters. The van der Waals surface area contributed by atoms with Gasteiger partial charge in [0.25, 0.3) is 5.69 Å². The van der Waals surface area contributed by atoms with Crippen molar-refractivity contribution in [1.82, 2.24) is 5.32 Å². The van der Waals surface area contributed by atoms with Crippen molar-refractivity contribution < 1.29 is 9.82 Å². The summed E-state index contributed by atoms with van der Waals surface area (Å²) in [7, 11) is 4.12. The Labute approximate surface area is 156 Å². The maximum atomic E-state index is 10.7. The van der Waals surface area contributed by atoms with E-state index in [4.69, 9.17) is 23.8 Å². The van der Waals surface area contributed by atoms with Gasteiger partial charge in [0, 0.05) is 28.4 Å². The molecular weight excluding hydrogens is 360 g/mol. The maximum Gasteiger partial charge on any atom is 0.269 e. The first kappa shape index (κ1) is 19.1. The van der Waals surface area contributed by atoms with Gasteiger partial charge in [-0.1, -0.05) is 29.8 Å². The molecule has 0 unspecified atom stereocenters. The van der Waals surface area contributed by atoms with Crippen molar-refractivity contribution in [3.05, 3.63) is 69.2 Å². The second-order valence-electron chi connectivity index (χ2n) is 5.79. The summed E-state index contributed by atoms with van der Waals surface area (Å²) in [6.45, 7) is 0.602. The van der Waals surface area contributed by atoms with E-state index in [0.29, 0.717) is 17.3 Å². The van der Waals surface area contributed by atoms with E-state index in [2.05, 4.69) is 24.7 Å². The summed E-state index contributed by atoms with van der Waals surface area (Å²) in [6.07, 6.45) is 0. The lowest BCUT2D eigenvalue weighted by molar-refractivity contribution is -0.890. The molecule has 0 saturated carbocycles. The third-order valence-corrected chi connectivity index (χ3v) is 4.37. The number of nitrogens with one attached hydrogen (secondary N) is 3. The summed E-state index contributed by atoms with van der Waals surface area (Å²) in [6, 6.07) is 14.0. The lowest BCUT2D eigenvalue weighted by atomic mass is 10.1. The highest BCUT2D eigenvalue weighted by atomic mass is 35.5. The van der Waals surface area contributed by atoms with Gasteiger partial charge in [0.1, 0.15) is 6.04 Å². The molecule has 0 aliphatic heterocycles. The summed E-state index contributed by atoms with van der Waals surface area (Å²) in [4.78, 5) is 11.5. The monoisotopic (exact) mass is 379 g/mol. The Kier molecular flexibility index (Phi) is 6.69. The Morgan fingerprint density at radius 2 is 1.88 bits per heavy atom. The number of rotatable bonds is 6. The quantitative estimate of drug-likeness (QED) is 0.408. The highest BCUT2D eigenvalue weighted by Crippen LogP contribution is 2.20. The molecule has 0 fully saturated rings. The second kappa shape index (κ2) is 8.75. The number of quaternary nitrogens is 1. The number of nitro groups is 1. The lowest BCUT2D eigenvalue weighted by Crippen LogP contribution is -3.07.